The van der Waals surface area contributed by atoms with Crippen molar-refractivity contribution in [1.29, 1.82) is 0 Å². The van der Waals surface area contributed by atoms with Gasteiger partial charge in [-0.05, 0) is 59.7 Å². The molecule has 0 unspecified atom stereocenters. The summed E-state index contributed by atoms with van der Waals surface area (Å²) in [6.07, 6.45) is 3.80. The second kappa shape index (κ2) is 8.77. The molecular weight excluding hydrogens is 396 g/mol. The van der Waals surface area contributed by atoms with Gasteiger partial charge in [0, 0.05) is 36.1 Å². The molecule has 0 spiro atoms. The molecule has 5 N–H and O–H groups in total. The molecule has 5 nitrogen and oxygen atoms in total. The van der Waals surface area contributed by atoms with E-state index < -0.39 is 0 Å². The molecule has 1 amide bonds. The Balaban J connectivity index is 1.55. The van der Waals surface area contributed by atoms with Gasteiger partial charge in [0.2, 0.25) is 0 Å². The summed E-state index contributed by atoms with van der Waals surface area (Å²) in [5.74, 6) is -0.0174. The van der Waals surface area contributed by atoms with Crippen molar-refractivity contribution in [3.8, 4) is 0 Å². The first-order valence-corrected chi connectivity index (χ1v) is 11.5. The minimum absolute atomic E-state index is 0.0174. The summed E-state index contributed by atoms with van der Waals surface area (Å²) < 4.78 is 2.14. The SMILES string of the molecule is NCc1ccc2cc(C(=O)N[C@H]3CC[C@H](N)CC3)n(Cc3cccc4ccccc34)c2c1. The Hall–Kier alpha value is -3.15. The number of benzene rings is 3. The number of hydrogen-bond acceptors (Lipinski definition) is 3. The van der Waals surface area contributed by atoms with Crippen LogP contribution in [0.25, 0.3) is 21.7 Å². The normalized spacial score (nSPS) is 18.8. The van der Waals surface area contributed by atoms with E-state index in [1.54, 1.807) is 0 Å². The first-order valence-electron chi connectivity index (χ1n) is 11.5. The van der Waals surface area contributed by atoms with Gasteiger partial charge >= 0.3 is 0 Å². The fraction of sp³-hybridized carbons (Fsp3) is 0.296. The molecule has 4 aromatic rings. The minimum Gasteiger partial charge on any atom is -0.348 e. The van der Waals surface area contributed by atoms with Gasteiger partial charge in [-0.25, -0.2) is 0 Å². The van der Waals surface area contributed by atoms with Crippen LogP contribution in [0.3, 0.4) is 0 Å². The highest BCUT2D eigenvalue weighted by Crippen LogP contribution is 2.26. The van der Waals surface area contributed by atoms with Crippen molar-refractivity contribution in [3.05, 3.63) is 83.6 Å². The highest BCUT2D eigenvalue weighted by Gasteiger charge is 2.23. The summed E-state index contributed by atoms with van der Waals surface area (Å²) in [5.41, 5.74) is 15.9. The minimum atomic E-state index is -0.0174. The predicted octanol–water partition coefficient (Wildman–Crippen LogP) is 4.30. The van der Waals surface area contributed by atoms with Crippen molar-refractivity contribution in [1.82, 2.24) is 9.88 Å². The van der Waals surface area contributed by atoms with Crippen LogP contribution in [-0.4, -0.2) is 22.6 Å². The molecule has 1 saturated carbocycles. The molecule has 0 aliphatic heterocycles. The third kappa shape index (κ3) is 4.01. The maximum absolute atomic E-state index is 13.4. The first-order chi connectivity index (χ1) is 15.6. The summed E-state index contributed by atoms with van der Waals surface area (Å²) in [6, 6.07) is 23.4. The van der Waals surface area contributed by atoms with Crippen molar-refractivity contribution < 1.29 is 4.79 Å². The van der Waals surface area contributed by atoms with E-state index in [2.05, 4.69) is 64.5 Å². The number of carbonyl (C=O) groups is 1. The average Bonchev–Trinajstić information content (AvgIpc) is 3.18. The number of nitrogens with zero attached hydrogens (tertiary/aromatic N) is 1. The number of aromatic nitrogens is 1. The molecule has 1 aromatic heterocycles. The zero-order valence-corrected chi connectivity index (χ0v) is 18.3. The predicted molar refractivity (Wildman–Crippen MR) is 131 cm³/mol. The number of nitrogens with one attached hydrogen (secondary N) is 1. The molecule has 1 aliphatic rings. The van der Waals surface area contributed by atoms with E-state index >= 15 is 0 Å². The van der Waals surface area contributed by atoms with Crippen LogP contribution in [0.4, 0.5) is 0 Å². The molecule has 1 fully saturated rings. The molecule has 164 valence electrons. The van der Waals surface area contributed by atoms with Crippen LogP contribution in [0.5, 0.6) is 0 Å². The van der Waals surface area contributed by atoms with Gasteiger partial charge in [-0.3, -0.25) is 4.79 Å². The topological polar surface area (TPSA) is 86.1 Å². The third-order valence-corrected chi connectivity index (χ3v) is 6.75. The summed E-state index contributed by atoms with van der Waals surface area (Å²) in [5, 5.41) is 6.73. The van der Waals surface area contributed by atoms with E-state index in [1.165, 1.54) is 16.3 Å². The first kappa shape index (κ1) is 20.7. The second-order valence-electron chi connectivity index (χ2n) is 8.94. The Morgan fingerprint density at radius 1 is 0.938 bits per heavy atom. The molecule has 32 heavy (non-hydrogen) atoms. The molecule has 5 heteroatoms. The van der Waals surface area contributed by atoms with E-state index in [-0.39, 0.29) is 18.0 Å². The molecule has 0 bridgehead atoms. The number of nitrogens with two attached hydrogens (primary N) is 2. The van der Waals surface area contributed by atoms with E-state index in [0.717, 1.165) is 42.1 Å². The van der Waals surface area contributed by atoms with Gasteiger partial charge in [0.1, 0.15) is 5.69 Å². The maximum Gasteiger partial charge on any atom is 0.268 e. The van der Waals surface area contributed by atoms with Gasteiger partial charge in [0.15, 0.2) is 0 Å². The Morgan fingerprint density at radius 2 is 1.72 bits per heavy atom. The number of carbonyl (C=O) groups excluding carboxylic acids is 1. The highest BCUT2D eigenvalue weighted by atomic mass is 16.2. The van der Waals surface area contributed by atoms with Gasteiger partial charge in [-0.2, -0.15) is 0 Å². The largest absolute Gasteiger partial charge is 0.348 e. The number of amides is 1. The number of hydrogen-bond donors (Lipinski definition) is 3. The van der Waals surface area contributed by atoms with Crippen LogP contribution in [-0.2, 0) is 13.1 Å². The molecule has 3 aromatic carbocycles. The van der Waals surface area contributed by atoms with Gasteiger partial charge < -0.3 is 21.4 Å². The van der Waals surface area contributed by atoms with E-state index in [9.17, 15) is 4.79 Å². The Kier molecular flexibility index (Phi) is 5.68. The monoisotopic (exact) mass is 426 g/mol. The maximum atomic E-state index is 13.4. The summed E-state index contributed by atoms with van der Waals surface area (Å²) in [7, 11) is 0. The van der Waals surface area contributed by atoms with Crippen molar-refractivity contribution >= 4 is 27.6 Å². The standard InChI is InChI=1S/C27H30N4O/c28-16-18-8-9-20-15-26(27(32)30-23-12-10-22(29)11-13-23)31(25(20)14-18)17-21-6-3-5-19-4-1-2-7-24(19)21/h1-9,14-15,22-23H,10-13,16-17,28-29H2,(H,30,32)/t22-,23-. The Bertz CT molecular complexity index is 1260. The van der Waals surface area contributed by atoms with Crippen LogP contribution < -0.4 is 16.8 Å². The lowest BCUT2D eigenvalue weighted by Gasteiger charge is -2.27. The molecule has 0 radical (unpaired) electrons. The van der Waals surface area contributed by atoms with Crippen molar-refractivity contribution in [3.63, 3.8) is 0 Å². The Labute approximate surface area is 188 Å². The zero-order chi connectivity index (χ0) is 22.1. The van der Waals surface area contributed by atoms with E-state index in [0.29, 0.717) is 18.8 Å². The van der Waals surface area contributed by atoms with Crippen LogP contribution in [0.1, 0.15) is 47.3 Å². The van der Waals surface area contributed by atoms with Crippen molar-refractivity contribution in [2.45, 2.75) is 50.9 Å². The summed E-state index contributed by atoms with van der Waals surface area (Å²) >= 11 is 0. The van der Waals surface area contributed by atoms with E-state index in [1.807, 2.05) is 12.1 Å². The van der Waals surface area contributed by atoms with Crippen LogP contribution in [0.15, 0.2) is 66.7 Å². The van der Waals surface area contributed by atoms with Crippen molar-refractivity contribution in [2.75, 3.05) is 0 Å². The lowest BCUT2D eigenvalue weighted by molar-refractivity contribution is 0.0917. The number of fused-ring (bicyclic) bond motifs is 2. The molecule has 0 atom stereocenters. The van der Waals surface area contributed by atoms with Gasteiger partial charge in [-0.15, -0.1) is 0 Å². The van der Waals surface area contributed by atoms with Crippen molar-refractivity contribution in [2.24, 2.45) is 11.5 Å². The van der Waals surface area contributed by atoms with Crippen LogP contribution in [0.2, 0.25) is 0 Å². The van der Waals surface area contributed by atoms with Gasteiger partial charge in [0.25, 0.3) is 5.91 Å². The number of rotatable bonds is 5. The summed E-state index contributed by atoms with van der Waals surface area (Å²) in [4.78, 5) is 13.4. The lowest BCUT2D eigenvalue weighted by Crippen LogP contribution is -2.41. The molecule has 1 aliphatic carbocycles. The van der Waals surface area contributed by atoms with Crippen LogP contribution >= 0.6 is 0 Å². The average molecular weight is 427 g/mol. The second-order valence-corrected chi connectivity index (χ2v) is 8.94. The smallest absolute Gasteiger partial charge is 0.268 e. The molecule has 0 saturated heterocycles. The molecular formula is C27H30N4O. The Morgan fingerprint density at radius 3 is 2.53 bits per heavy atom. The quantitative estimate of drug-likeness (QED) is 0.445. The highest BCUT2D eigenvalue weighted by molar-refractivity contribution is 5.99. The van der Waals surface area contributed by atoms with Crippen LogP contribution in [0, 0.1) is 0 Å². The third-order valence-electron chi connectivity index (χ3n) is 6.75. The molecule has 5 rings (SSSR count). The van der Waals surface area contributed by atoms with E-state index in [4.69, 9.17) is 11.5 Å². The van der Waals surface area contributed by atoms with Gasteiger partial charge in [-0.1, -0.05) is 54.6 Å². The lowest BCUT2D eigenvalue weighted by atomic mass is 9.92. The molecule has 1 heterocycles. The van der Waals surface area contributed by atoms with Gasteiger partial charge in [0.05, 0.1) is 0 Å². The fourth-order valence-corrected chi connectivity index (χ4v) is 4.91. The zero-order valence-electron chi connectivity index (χ0n) is 18.3. The summed E-state index contributed by atoms with van der Waals surface area (Å²) in [6.45, 7) is 1.09. The fourth-order valence-electron chi connectivity index (χ4n) is 4.91.